The van der Waals surface area contributed by atoms with Crippen LogP contribution in [0.2, 0.25) is 0 Å². The van der Waals surface area contributed by atoms with Gasteiger partial charge in [0.2, 0.25) is 5.91 Å². The summed E-state index contributed by atoms with van der Waals surface area (Å²) in [6.45, 7) is 5.24. The number of aryl methyl sites for hydroxylation is 1. The van der Waals surface area contributed by atoms with E-state index in [2.05, 4.69) is 56.2 Å². The standard InChI is InChI=1S/C25H25BrN4O3/c1-18-7-5-6-10-23(18)28-13-15-29(16-14-28)24(19-8-3-2-4-9-19)25(31)27-22-12-11-20(30(32)33)17-21(22)26/h2-12,17,24H,13-16H2,1H3,(H,27,31)/t24-/m0/s1. The summed E-state index contributed by atoms with van der Waals surface area (Å²) in [5, 5.41) is 14.0. The Labute approximate surface area is 201 Å². The van der Waals surface area contributed by atoms with Crippen LogP contribution >= 0.6 is 15.9 Å². The second kappa shape index (κ2) is 10.1. The summed E-state index contributed by atoms with van der Waals surface area (Å²) in [7, 11) is 0. The first kappa shape index (κ1) is 22.9. The molecule has 1 saturated heterocycles. The van der Waals surface area contributed by atoms with E-state index in [1.165, 1.54) is 23.4 Å². The topological polar surface area (TPSA) is 78.7 Å². The van der Waals surface area contributed by atoms with Crippen molar-refractivity contribution < 1.29 is 9.72 Å². The smallest absolute Gasteiger partial charge is 0.270 e. The molecule has 170 valence electrons. The number of nitro benzene ring substituents is 1. The predicted octanol–water partition coefficient (Wildman–Crippen LogP) is 5.17. The van der Waals surface area contributed by atoms with E-state index in [9.17, 15) is 14.9 Å². The van der Waals surface area contributed by atoms with Crippen molar-refractivity contribution in [2.45, 2.75) is 13.0 Å². The zero-order valence-corrected chi connectivity index (χ0v) is 19.9. The molecule has 7 nitrogen and oxygen atoms in total. The van der Waals surface area contributed by atoms with Crippen LogP contribution in [0.5, 0.6) is 0 Å². The van der Waals surface area contributed by atoms with Gasteiger partial charge in [-0.3, -0.25) is 19.8 Å². The molecule has 3 aromatic rings. The van der Waals surface area contributed by atoms with Crippen LogP contribution in [0.1, 0.15) is 17.2 Å². The summed E-state index contributed by atoms with van der Waals surface area (Å²) in [6, 6.07) is 21.9. The number of nitrogens with zero attached hydrogens (tertiary/aromatic N) is 3. The van der Waals surface area contributed by atoms with Gasteiger partial charge in [-0.05, 0) is 46.1 Å². The maximum absolute atomic E-state index is 13.5. The minimum atomic E-state index is -0.465. The highest BCUT2D eigenvalue weighted by atomic mass is 79.9. The second-order valence-corrected chi connectivity index (χ2v) is 8.89. The van der Waals surface area contributed by atoms with E-state index >= 15 is 0 Å². The molecule has 1 heterocycles. The largest absolute Gasteiger partial charge is 0.369 e. The summed E-state index contributed by atoms with van der Waals surface area (Å²) < 4.78 is 0.473. The fraction of sp³-hybridized carbons (Fsp3) is 0.240. The zero-order chi connectivity index (χ0) is 23.4. The van der Waals surface area contributed by atoms with Gasteiger partial charge in [-0.2, -0.15) is 0 Å². The van der Waals surface area contributed by atoms with E-state index in [1.54, 1.807) is 6.07 Å². The molecule has 1 aliphatic heterocycles. The van der Waals surface area contributed by atoms with E-state index in [-0.39, 0.29) is 11.6 Å². The lowest BCUT2D eigenvalue weighted by atomic mass is 10.0. The number of anilines is 2. The molecule has 0 radical (unpaired) electrons. The molecule has 1 atom stereocenters. The van der Waals surface area contributed by atoms with Gasteiger partial charge in [0.05, 0.1) is 10.6 Å². The van der Waals surface area contributed by atoms with Gasteiger partial charge in [-0.25, -0.2) is 0 Å². The van der Waals surface area contributed by atoms with Crippen molar-refractivity contribution in [2.24, 2.45) is 0 Å². The normalized spacial score (nSPS) is 15.2. The molecule has 0 unspecified atom stereocenters. The van der Waals surface area contributed by atoms with Gasteiger partial charge < -0.3 is 10.2 Å². The highest BCUT2D eigenvalue weighted by Gasteiger charge is 2.31. The van der Waals surface area contributed by atoms with Crippen LogP contribution in [-0.4, -0.2) is 41.9 Å². The van der Waals surface area contributed by atoms with Gasteiger partial charge in [-0.1, -0.05) is 48.5 Å². The Bertz CT molecular complexity index is 1150. The van der Waals surface area contributed by atoms with E-state index in [0.717, 1.165) is 31.7 Å². The Balaban J connectivity index is 1.54. The van der Waals surface area contributed by atoms with Gasteiger partial charge in [0.25, 0.3) is 5.69 Å². The third kappa shape index (κ3) is 5.23. The van der Waals surface area contributed by atoms with Crippen molar-refractivity contribution in [2.75, 3.05) is 36.4 Å². The Kier molecular flexibility index (Phi) is 7.05. The minimum Gasteiger partial charge on any atom is -0.369 e. The van der Waals surface area contributed by atoms with E-state index in [0.29, 0.717) is 10.2 Å². The molecular formula is C25H25BrN4O3. The number of nitro groups is 1. The molecule has 3 aromatic carbocycles. The molecule has 0 aliphatic carbocycles. The average Bonchev–Trinajstić information content (AvgIpc) is 2.82. The van der Waals surface area contributed by atoms with Gasteiger partial charge >= 0.3 is 0 Å². The summed E-state index contributed by atoms with van der Waals surface area (Å²) in [5.74, 6) is -0.167. The first-order valence-electron chi connectivity index (χ1n) is 10.8. The van der Waals surface area contributed by atoms with Crippen LogP contribution < -0.4 is 10.2 Å². The third-order valence-corrected chi connectivity index (χ3v) is 6.58. The van der Waals surface area contributed by atoms with Crippen LogP contribution in [0.15, 0.2) is 77.3 Å². The molecule has 1 aliphatic rings. The number of hydrogen-bond acceptors (Lipinski definition) is 5. The average molecular weight is 509 g/mol. The number of benzene rings is 3. The van der Waals surface area contributed by atoms with Crippen LogP contribution in [0.3, 0.4) is 0 Å². The summed E-state index contributed by atoms with van der Waals surface area (Å²) in [4.78, 5) is 28.6. The summed E-state index contributed by atoms with van der Waals surface area (Å²) in [6.07, 6.45) is 0. The lowest BCUT2D eigenvalue weighted by molar-refractivity contribution is -0.384. The number of halogens is 1. The number of hydrogen-bond donors (Lipinski definition) is 1. The molecule has 1 fully saturated rings. The maximum atomic E-state index is 13.5. The SMILES string of the molecule is Cc1ccccc1N1CCN([C@H](C(=O)Nc2ccc([N+](=O)[O-])cc2Br)c2ccccc2)CC1. The number of piperazine rings is 1. The Morgan fingerprint density at radius 2 is 1.67 bits per heavy atom. The first-order valence-corrected chi connectivity index (χ1v) is 11.6. The number of carbonyl (C=O) groups excluding carboxylic acids is 1. The molecular weight excluding hydrogens is 484 g/mol. The van der Waals surface area contributed by atoms with Crippen molar-refractivity contribution in [1.82, 2.24) is 4.90 Å². The monoisotopic (exact) mass is 508 g/mol. The minimum absolute atomic E-state index is 0.0354. The number of carbonyl (C=O) groups is 1. The zero-order valence-electron chi connectivity index (χ0n) is 18.3. The first-order chi connectivity index (χ1) is 15.9. The fourth-order valence-electron chi connectivity index (χ4n) is 4.22. The predicted molar refractivity (Wildman–Crippen MR) is 134 cm³/mol. The van der Waals surface area contributed by atoms with Crippen LogP contribution in [0, 0.1) is 17.0 Å². The van der Waals surface area contributed by atoms with Crippen molar-refractivity contribution >= 4 is 38.9 Å². The van der Waals surface area contributed by atoms with Gasteiger partial charge in [0, 0.05) is 48.5 Å². The highest BCUT2D eigenvalue weighted by molar-refractivity contribution is 9.10. The molecule has 1 N–H and O–H groups in total. The lowest BCUT2D eigenvalue weighted by Gasteiger charge is -2.40. The molecule has 0 bridgehead atoms. The molecule has 0 aromatic heterocycles. The second-order valence-electron chi connectivity index (χ2n) is 8.03. The quantitative estimate of drug-likeness (QED) is 0.367. The Morgan fingerprint density at radius 1 is 1.00 bits per heavy atom. The van der Waals surface area contributed by atoms with E-state index in [4.69, 9.17) is 0 Å². The molecule has 0 saturated carbocycles. The number of rotatable bonds is 6. The fourth-order valence-corrected chi connectivity index (χ4v) is 4.69. The molecule has 33 heavy (non-hydrogen) atoms. The van der Waals surface area contributed by atoms with E-state index < -0.39 is 11.0 Å². The number of nitrogens with one attached hydrogen (secondary N) is 1. The van der Waals surface area contributed by atoms with E-state index in [1.807, 2.05) is 36.4 Å². The van der Waals surface area contributed by atoms with Gasteiger partial charge in [-0.15, -0.1) is 0 Å². The maximum Gasteiger partial charge on any atom is 0.270 e. The third-order valence-electron chi connectivity index (χ3n) is 5.92. The number of para-hydroxylation sites is 1. The van der Waals surface area contributed by atoms with Crippen LogP contribution in [-0.2, 0) is 4.79 Å². The number of non-ortho nitro benzene ring substituents is 1. The molecule has 8 heteroatoms. The van der Waals surface area contributed by atoms with Gasteiger partial charge in [0.15, 0.2) is 0 Å². The van der Waals surface area contributed by atoms with Crippen molar-refractivity contribution in [1.29, 1.82) is 0 Å². The van der Waals surface area contributed by atoms with Crippen molar-refractivity contribution in [3.05, 3.63) is 98.5 Å². The Morgan fingerprint density at radius 3 is 2.30 bits per heavy atom. The van der Waals surface area contributed by atoms with Crippen LogP contribution in [0.25, 0.3) is 0 Å². The molecule has 4 rings (SSSR count). The van der Waals surface area contributed by atoms with Crippen molar-refractivity contribution in [3.63, 3.8) is 0 Å². The summed E-state index contributed by atoms with van der Waals surface area (Å²) >= 11 is 3.35. The Hall–Kier alpha value is -3.23. The number of amides is 1. The highest BCUT2D eigenvalue weighted by Crippen LogP contribution is 2.30. The summed E-state index contributed by atoms with van der Waals surface area (Å²) in [5.41, 5.74) is 3.85. The van der Waals surface area contributed by atoms with Gasteiger partial charge in [0.1, 0.15) is 6.04 Å². The lowest BCUT2D eigenvalue weighted by Crippen LogP contribution is -2.50. The van der Waals surface area contributed by atoms with Crippen molar-refractivity contribution in [3.8, 4) is 0 Å². The van der Waals surface area contributed by atoms with Crippen LogP contribution in [0.4, 0.5) is 17.1 Å². The molecule has 1 amide bonds. The molecule has 0 spiro atoms.